The van der Waals surface area contributed by atoms with Gasteiger partial charge in [-0.1, -0.05) is 47.1 Å². The summed E-state index contributed by atoms with van der Waals surface area (Å²) in [5.41, 5.74) is 12.2. The maximum absolute atomic E-state index is 12.9. The first-order valence-corrected chi connectivity index (χ1v) is 14.8. The molecule has 2 amide bonds. The molecule has 2 aromatic rings. The van der Waals surface area contributed by atoms with E-state index < -0.39 is 23.3 Å². The summed E-state index contributed by atoms with van der Waals surface area (Å²) in [4.78, 5) is 43.6. The molecule has 0 spiro atoms. The molecule has 15 heteroatoms. The van der Waals surface area contributed by atoms with E-state index in [9.17, 15) is 19.5 Å². The molecule has 3 heterocycles. The molecule has 6 N–H and O–H groups in total. The van der Waals surface area contributed by atoms with E-state index in [1.165, 1.54) is 40.2 Å². The summed E-state index contributed by atoms with van der Waals surface area (Å²) >= 11 is 16.1. The number of halogens is 2. The minimum atomic E-state index is -1.20. The van der Waals surface area contributed by atoms with Gasteiger partial charge in [0.1, 0.15) is 17.1 Å². The Morgan fingerprint density at radius 1 is 1.32 bits per heavy atom. The number of allylic oxidation sites excluding steroid dienone is 1. The number of nitrogens with one attached hydrogen (secondary N) is 1. The van der Waals surface area contributed by atoms with Gasteiger partial charge in [-0.2, -0.15) is 0 Å². The number of nitrogens with zero attached hydrogens (tertiary/aromatic N) is 3. The highest BCUT2D eigenvalue weighted by atomic mass is 35.5. The number of hydrogen-bond acceptors (Lipinski definition) is 9. The fourth-order valence-electron chi connectivity index (χ4n) is 3.69. The van der Waals surface area contributed by atoms with Gasteiger partial charge in [0.05, 0.1) is 17.8 Å². The van der Waals surface area contributed by atoms with Gasteiger partial charge >= 0.3 is 11.9 Å². The Hall–Kier alpha value is -2.58. The molecule has 10 nitrogen and oxygen atoms in total. The van der Waals surface area contributed by atoms with E-state index >= 15 is 0 Å². The summed E-state index contributed by atoms with van der Waals surface area (Å²) in [6, 6.07) is 5.85. The van der Waals surface area contributed by atoms with E-state index in [0.29, 0.717) is 42.9 Å². The summed E-state index contributed by atoms with van der Waals surface area (Å²) in [7, 11) is 1.71. The lowest BCUT2D eigenvalue weighted by Gasteiger charge is -2.49. The number of benzene rings is 1. The van der Waals surface area contributed by atoms with E-state index in [1.807, 2.05) is 0 Å². The van der Waals surface area contributed by atoms with E-state index in [-0.39, 0.29) is 23.3 Å². The average molecular weight is 615 g/mol. The number of anilines is 2. The van der Waals surface area contributed by atoms with Crippen LogP contribution in [0.5, 0.6) is 0 Å². The zero-order valence-corrected chi connectivity index (χ0v) is 23.9. The number of aromatic nitrogens is 2. The van der Waals surface area contributed by atoms with Gasteiger partial charge in [0.15, 0.2) is 10.8 Å². The van der Waals surface area contributed by atoms with Gasteiger partial charge in [0.25, 0.3) is 5.91 Å². The number of carbonyl (C=O) groups excluding carboxylic acids is 2. The topological polar surface area (TPSA) is 156 Å². The van der Waals surface area contributed by atoms with Crippen LogP contribution in [0.2, 0.25) is 10.0 Å². The number of carboxylic acid groups (broad SMARTS) is 1. The molecule has 0 radical (unpaired) electrons. The van der Waals surface area contributed by atoms with Crippen molar-refractivity contribution < 1.29 is 24.1 Å². The SMILES string of the molecule is C[n+]1c(N)cc(SC/C=C/C2=C(C(=O)O)N3C(=O)[C@@H](NC(=O)CSc4cc(Cl)ccc4Cl)[C@H]3SC2)nc1N. The van der Waals surface area contributed by atoms with Crippen LogP contribution < -0.4 is 21.4 Å². The number of thioether (sulfide) groups is 3. The Labute approximate surface area is 241 Å². The lowest BCUT2D eigenvalue weighted by atomic mass is 10.0. The highest BCUT2D eigenvalue weighted by molar-refractivity contribution is 8.00. The van der Waals surface area contributed by atoms with Crippen LogP contribution >= 0.6 is 58.5 Å². The van der Waals surface area contributed by atoms with Crippen molar-refractivity contribution in [3.8, 4) is 0 Å². The molecule has 1 aromatic heterocycles. The average Bonchev–Trinajstić information content (AvgIpc) is 2.88. The molecule has 1 saturated heterocycles. The van der Waals surface area contributed by atoms with Crippen molar-refractivity contribution in [2.45, 2.75) is 21.3 Å². The van der Waals surface area contributed by atoms with Gasteiger partial charge < -0.3 is 21.9 Å². The lowest BCUT2D eigenvalue weighted by molar-refractivity contribution is -0.645. The van der Waals surface area contributed by atoms with E-state index in [2.05, 4.69) is 10.3 Å². The molecule has 4 rings (SSSR count). The van der Waals surface area contributed by atoms with Crippen LogP contribution in [-0.2, 0) is 21.4 Å². The van der Waals surface area contributed by atoms with E-state index in [4.69, 9.17) is 34.7 Å². The summed E-state index contributed by atoms with van der Waals surface area (Å²) in [5, 5.41) is 13.7. The third kappa shape index (κ3) is 6.18. The van der Waals surface area contributed by atoms with E-state index in [1.54, 1.807) is 48.0 Å². The fourth-order valence-corrected chi connectivity index (χ4v) is 7.04. The summed E-state index contributed by atoms with van der Waals surface area (Å²) in [6.45, 7) is 0. The molecule has 38 heavy (non-hydrogen) atoms. The molecule has 0 bridgehead atoms. The Bertz CT molecular complexity index is 1350. The van der Waals surface area contributed by atoms with Gasteiger partial charge in [-0.3, -0.25) is 14.5 Å². The van der Waals surface area contributed by atoms with E-state index in [0.717, 1.165) is 0 Å². The molecule has 2 aliphatic rings. The number of amides is 2. The molecule has 2 aliphatic heterocycles. The van der Waals surface area contributed by atoms with Gasteiger partial charge in [-0.05, 0) is 23.8 Å². The van der Waals surface area contributed by atoms with Crippen LogP contribution in [0.15, 0.2) is 57.6 Å². The highest BCUT2D eigenvalue weighted by Gasteiger charge is 2.53. The number of fused-ring (bicyclic) bond motifs is 1. The van der Waals surface area contributed by atoms with Crippen LogP contribution in [0, 0.1) is 0 Å². The normalized spacial score (nSPS) is 18.9. The third-order valence-corrected chi connectivity index (χ3v) is 9.54. The lowest BCUT2D eigenvalue weighted by Crippen LogP contribution is -2.70. The molecule has 200 valence electrons. The molecule has 0 saturated carbocycles. The Balaban J connectivity index is 1.37. The zero-order chi connectivity index (χ0) is 27.6. The number of nitrogens with two attached hydrogens (primary N) is 2. The van der Waals surface area contributed by atoms with Crippen LogP contribution in [0.25, 0.3) is 0 Å². The highest BCUT2D eigenvalue weighted by Crippen LogP contribution is 2.41. The molecule has 0 aliphatic carbocycles. The first-order valence-electron chi connectivity index (χ1n) is 11.1. The zero-order valence-electron chi connectivity index (χ0n) is 19.9. The number of rotatable bonds is 9. The van der Waals surface area contributed by atoms with Crippen molar-refractivity contribution in [2.24, 2.45) is 7.05 Å². The fraction of sp³-hybridized carbons (Fsp3) is 0.261. The van der Waals surface area contributed by atoms with Crippen LogP contribution in [0.3, 0.4) is 0 Å². The van der Waals surface area contributed by atoms with Crippen molar-refractivity contribution in [3.63, 3.8) is 0 Å². The smallest absolute Gasteiger partial charge is 0.352 e. The Kier molecular flexibility index (Phi) is 9.04. The minimum Gasteiger partial charge on any atom is -0.477 e. The minimum absolute atomic E-state index is 0.0281. The molecule has 2 atom stereocenters. The van der Waals surface area contributed by atoms with Crippen molar-refractivity contribution in [1.29, 1.82) is 0 Å². The van der Waals surface area contributed by atoms with Gasteiger partial charge in [0, 0.05) is 27.5 Å². The second kappa shape index (κ2) is 12.1. The van der Waals surface area contributed by atoms with Gasteiger partial charge in [-0.25, -0.2) is 9.36 Å². The van der Waals surface area contributed by atoms with Crippen molar-refractivity contribution in [1.82, 2.24) is 15.2 Å². The van der Waals surface area contributed by atoms with Crippen molar-refractivity contribution >= 4 is 88.0 Å². The second-order valence-electron chi connectivity index (χ2n) is 8.15. The number of carboxylic acids is 1. The standard InChI is InChI=1S/C23H22Cl2N6O4S3/c1-30-15(26)8-17(29-23(30)27)36-6-2-3-11-9-38-21-18(20(33)31(21)19(11)22(34)35)28-16(32)10-37-14-7-12(24)4-5-13(14)25/h2-5,7-8,18,21H,6,9-10H2,1H3,(H5,26,27,28,29,32,34,35)/p+1/b3-2+/t18-,21-/m1/s1. The second-order valence-corrected chi connectivity index (χ2v) is 12.2. The Morgan fingerprint density at radius 3 is 2.79 bits per heavy atom. The van der Waals surface area contributed by atoms with Gasteiger partial charge in [-0.15, -0.1) is 28.5 Å². The quantitative estimate of drug-likeness (QED) is 0.143. The number of hydrogen-bond donors (Lipinski definition) is 4. The number of carbonyl (C=O) groups is 3. The van der Waals surface area contributed by atoms with Crippen molar-refractivity contribution in [3.05, 3.63) is 57.7 Å². The maximum Gasteiger partial charge on any atom is 0.352 e. The van der Waals surface area contributed by atoms with Gasteiger partial charge in [0.2, 0.25) is 5.91 Å². The summed E-state index contributed by atoms with van der Waals surface area (Å²) < 4.78 is 1.56. The first kappa shape index (κ1) is 28.4. The summed E-state index contributed by atoms with van der Waals surface area (Å²) in [5.74, 6) is -0.388. The summed E-state index contributed by atoms with van der Waals surface area (Å²) in [6.07, 6.45) is 3.49. The maximum atomic E-state index is 12.9. The molecular weight excluding hydrogens is 591 g/mol. The third-order valence-electron chi connectivity index (χ3n) is 5.64. The molecule has 1 aromatic carbocycles. The molecule has 1 fully saturated rings. The molecule has 0 unspecified atom stereocenters. The van der Waals surface area contributed by atoms with Crippen LogP contribution in [0.4, 0.5) is 11.8 Å². The monoisotopic (exact) mass is 613 g/mol. The molecular formula is C23H23Cl2N6O4S3+. The number of β-lactam (4-membered cyclic amide) rings is 1. The predicted octanol–water partition coefficient (Wildman–Crippen LogP) is 2.56. The van der Waals surface area contributed by atoms with Crippen molar-refractivity contribution in [2.75, 3.05) is 28.7 Å². The first-order chi connectivity index (χ1) is 18.1. The van der Waals surface area contributed by atoms with Crippen LogP contribution in [-0.4, -0.2) is 61.4 Å². The predicted molar refractivity (Wildman–Crippen MR) is 151 cm³/mol. The largest absolute Gasteiger partial charge is 0.477 e. The number of aliphatic carboxylic acids is 1. The Morgan fingerprint density at radius 2 is 2.08 bits per heavy atom. The number of nitrogen functional groups attached to an aromatic ring is 2. The van der Waals surface area contributed by atoms with Crippen LogP contribution in [0.1, 0.15) is 0 Å².